The fraction of sp³-hybridized carbons (Fsp3) is 0.500. The summed E-state index contributed by atoms with van der Waals surface area (Å²) in [5.41, 5.74) is 4.02. The third-order valence-corrected chi connectivity index (χ3v) is 8.77. The number of nitrogens with one attached hydrogen (secondary N) is 3. The number of ether oxygens (including phenoxy) is 2. The summed E-state index contributed by atoms with van der Waals surface area (Å²) >= 11 is 14.5. The third-order valence-electron chi connectivity index (χ3n) is 7.60. The Hall–Kier alpha value is -2.38. The molecule has 0 spiro atoms. The maximum atomic E-state index is 13.5. The first-order chi connectivity index (χ1) is 22.2. The summed E-state index contributed by atoms with van der Waals surface area (Å²) in [7, 11) is 0. The second-order valence-electron chi connectivity index (χ2n) is 11.3. The summed E-state index contributed by atoms with van der Waals surface area (Å²) in [5.74, 6) is 0.988. The molecule has 1 unspecified atom stereocenters. The topological polar surface area (TPSA) is 111 Å². The van der Waals surface area contributed by atoms with E-state index in [9.17, 15) is 14.4 Å². The van der Waals surface area contributed by atoms with Crippen molar-refractivity contribution in [3.63, 3.8) is 0 Å². The Balaban J connectivity index is 1.35. The number of hydrogen-bond acceptors (Lipinski definition) is 9. The number of Topliss-reactive ketones (excluding diaryl/α,β-unsaturated/α-hetero) is 1. The molecule has 9 nitrogen and oxygen atoms in total. The second-order valence-corrected chi connectivity index (χ2v) is 12.5. The number of hydrogen-bond donors (Lipinski definition) is 5. The third kappa shape index (κ3) is 11.7. The fourth-order valence-corrected chi connectivity index (χ4v) is 5.57. The first kappa shape index (κ1) is 38.1. The van der Waals surface area contributed by atoms with Crippen molar-refractivity contribution in [2.24, 2.45) is 0 Å². The van der Waals surface area contributed by atoms with Crippen LogP contribution >= 0.6 is 36.9 Å². The van der Waals surface area contributed by atoms with Crippen LogP contribution in [0.15, 0.2) is 42.5 Å². The van der Waals surface area contributed by atoms with Crippen LogP contribution in [0, 0.1) is 13.8 Å². The number of thiol groups is 2. The van der Waals surface area contributed by atoms with Crippen LogP contribution in [0.1, 0.15) is 46.9 Å². The lowest BCUT2D eigenvalue weighted by molar-refractivity contribution is -0.123. The van der Waals surface area contributed by atoms with E-state index < -0.39 is 0 Å². The summed E-state index contributed by atoms with van der Waals surface area (Å²) in [4.78, 5) is 38.8. The van der Waals surface area contributed by atoms with E-state index in [0.29, 0.717) is 74.7 Å². The zero-order chi connectivity index (χ0) is 33.5. The number of rotatable bonds is 21. The van der Waals surface area contributed by atoms with Gasteiger partial charge in [0.25, 0.3) is 5.91 Å². The maximum absolute atomic E-state index is 13.5. The molecule has 46 heavy (non-hydrogen) atoms. The molecule has 1 heterocycles. The Morgan fingerprint density at radius 1 is 0.891 bits per heavy atom. The number of nitrogens with zero attached hydrogens (tertiary/aromatic N) is 1. The van der Waals surface area contributed by atoms with Gasteiger partial charge in [-0.15, -0.1) is 0 Å². The van der Waals surface area contributed by atoms with Crippen molar-refractivity contribution in [3.8, 4) is 0 Å². The van der Waals surface area contributed by atoms with Crippen LogP contribution in [0.25, 0.3) is 10.9 Å². The number of ketones is 1. The monoisotopic (exact) mass is 690 g/mol. The average molecular weight is 691 g/mol. The lowest BCUT2D eigenvalue weighted by Gasteiger charge is -2.17. The minimum Gasteiger partial charge on any atom is -0.379 e. The molecule has 2 aromatic carbocycles. The van der Waals surface area contributed by atoms with Crippen LogP contribution in [0.4, 0.5) is 0 Å². The predicted octanol–water partition coefficient (Wildman–Crippen LogP) is 4.44. The van der Waals surface area contributed by atoms with Gasteiger partial charge in [0.05, 0.1) is 31.4 Å². The number of carbonyl (C=O) groups is 3. The minimum atomic E-state index is -0.369. The van der Waals surface area contributed by atoms with Crippen LogP contribution in [0.3, 0.4) is 0 Å². The van der Waals surface area contributed by atoms with E-state index in [2.05, 4.69) is 48.1 Å². The van der Waals surface area contributed by atoms with Crippen LogP contribution in [0.5, 0.6) is 0 Å². The molecule has 1 amide bonds. The van der Waals surface area contributed by atoms with Crippen LogP contribution < -0.4 is 16.0 Å². The van der Waals surface area contributed by atoms with Gasteiger partial charge in [0, 0.05) is 78.3 Å². The number of halogens is 1. The largest absolute Gasteiger partial charge is 0.379 e. The zero-order valence-electron chi connectivity index (χ0n) is 26.9. The Bertz CT molecular complexity index is 1430. The van der Waals surface area contributed by atoms with Gasteiger partial charge >= 0.3 is 0 Å². The van der Waals surface area contributed by atoms with E-state index in [-0.39, 0.29) is 30.1 Å². The number of aromatic nitrogens is 1. The molecule has 0 saturated heterocycles. The number of carbonyl (C=O) groups excluding carboxylic acids is 3. The maximum Gasteiger partial charge on any atom is 0.262 e. The van der Waals surface area contributed by atoms with E-state index in [0.717, 1.165) is 40.0 Å². The first-order valence-electron chi connectivity index (χ1n) is 15.7. The average Bonchev–Trinajstić information content (AvgIpc) is 3.31. The summed E-state index contributed by atoms with van der Waals surface area (Å²) in [6, 6.07) is 12.7. The molecule has 252 valence electrons. The van der Waals surface area contributed by atoms with E-state index in [1.807, 2.05) is 32.0 Å². The highest BCUT2D eigenvalue weighted by atomic mass is 35.5. The lowest BCUT2D eigenvalue weighted by atomic mass is 10.0. The zero-order valence-corrected chi connectivity index (χ0v) is 29.5. The van der Waals surface area contributed by atoms with Gasteiger partial charge in [-0.25, -0.2) is 0 Å². The molecular formula is C34H47ClN4O5S2. The van der Waals surface area contributed by atoms with E-state index in [1.54, 1.807) is 28.8 Å². The smallest absolute Gasteiger partial charge is 0.262 e. The first-order valence-corrected chi connectivity index (χ1v) is 17.3. The molecule has 0 radical (unpaired) electrons. The van der Waals surface area contributed by atoms with Crippen molar-refractivity contribution < 1.29 is 23.9 Å². The summed E-state index contributed by atoms with van der Waals surface area (Å²) in [5, 5.41) is 10.9. The van der Waals surface area contributed by atoms with Crippen LogP contribution in [-0.4, -0.2) is 91.8 Å². The molecule has 0 aliphatic rings. The van der Waals surface area contributed by atoms with Crippen molar-refractivity contribution >= 4 is 65.4 Å². The highest BCUT2D eigenvalue weighted by molar-refractivity contribution is 7.80. The highest BCUT2D eigenvalue weighted by Gasteiger charge is 2.21. The number of amides is 1. The van der Waals surface area contributed by atoms with E-state index >= 15 is 0 Å². The molecule has 0 aliphatic carbocycles. The van der Waals surface area contributed by atoms with Gasteiger partial charge in [0.1, 0.15) is 5.78 Å². The predicted molar refractivity (Wildman–Crippen MR) is 192 cm³/mol. The van der Waals surface area contributed by atoms with Crippen molar-refractivity contribution in [2.75, 3.05) is 57.6 Å². The molecule has 1 aromatic heterocycles. The fourth-order valence-electron chi connectivity index (χ4n) is 5.02. The Kier molecular flexibility index (Phi) is 16.6. The normalized spacial score (nSPS) is 12.7. The SMILES string of the molecule is Cc1ccc2c(c1)c(CC(=O)CCCOCCOCCNC(=O)C(CS)NCCN[C@@H](C)CS)c(C)n2C(=O)c1ccc(Cl)cc1. The van der Waals surface area contributed by atoms with Gasteiger partial charge in [-0.1, -0.05) is 23.2 Å². The van der Waals surface area contributed by atoms with Gasteiger partial charge in [-0.2, -0.15) is 25.3 Å². The molecule has 0 saturated carbocycles. The Labute approximate surface area is 288 Å². The number of benzene rings is 2. The van der Waals surface area contributed by atoms with Gasteiger partial charge in [-0.3, -0.25) is 19.0 Å². The minimum absolute atomic E-state index is 0.0932. The van der Waals surface area contributed by atoms with E-state index in [1.165, 1.54) is 0 Å². The second kappa shape index (κ2) is 20.1. The molecule has 0 bridgehead atoms. The van der Waals surface area contributed by atoms with Crippen LogP contribution in [-0.2, 0) is 25.5 Å². The van der Waals surface area contributed by atoms with E-state index in [4.69, 9.17) is 21.1 Å². The Morgan fingerprint density at radius 3 is 2.28 bits per heavy atom. The van der Waals surface area contributed by atoms with Gasteiger partial charge < -0.3 is 25.4 Å². The summed E-state index contributed by atoms with van der Waals surface area (Å²) in [6.07, 6.45) is 1.22. The van der Waals surface area contributed by atoms with Crippen molar-refractivity contribution in [1.82, 2.24) is 20.5 Å². The molecule has 3 rings (SSSR count). The molecule has 0 fully saturated rings. The van der Waals surface area contributed by atoms with Gasteiger partial charge in [-0.05, 0) is 69.2 Å². The van der Waals surface area contributed by atoms with Crippen LogP contribution in [0.2, 0.25) is 5.02 Å². The van der Waals surface area contributed by atoms with Gasteiger partial charge in [0.2, 0.25) is 5.91 Å². The molecule has 3 aromatic rings. The Morgan fingerprint density at radius 2 is 1.59 bits per heavy atom. The molecular weight excluding hydrogens is 644 g/mol. The molecule has 0 aliphatic heterocycles. The number of aryl methyl sites for hydroxylation is 1. The number of fused-ring (bicyclic) bond motifs is 1. The standard InChI is InChI=1S/C34H47ClN4O5S2/c1-23-6-11-32-30(19-23)29(25(3)39(32)34(42)26-7-9-27(35)10-8-26)20-28(40)5-4-15-43-17-18-44-16-14-38-33(41)31(22-46)37-13-12-36-24(2)21-45/h6-11,19,24,31,36-37,45-46H,4-5,12-18,20-22H2,1-3H3,(H,38,41)/t24-,31?/m0/s1. The summed E-state index contributed by atoms with van der Waals surface area (Å²) in [6.45, 7) is 9.37. The summed E-state index contributed by atoms with van der Waals surface area (Å²) < 4.78 is 12.9. The van der Waals surface area contributed by atoms with Crippen molar-refractivity contribution in [3.05, 3.63) is 69.9 Å². The molecule has 3 N–H and O–H groups in total. The molecule has 2 atom stereocenters. The van der Waals surface area contributed by atoms with Crippen molar-refractivity contribution in [1.29, 1.82) is 0 Å². The lowest BCUT2D eigenvalue weighted by Crippen LogP contribution is -2.48. The van der Waals surface area contributed by atoms with Crippen molar-refractivity contribution in [2.45, 2.75) is 52.1 Å². The highest BCUT2D eigenvalue weighted by Crippen LogP contribution is 2.29. The molecule has 12 heteroatoms. The quantitative estimate of drug-likeness (QED) is 0.0831. The van der Waals surface area contributed by atoms with Gasteiger partial charge in [0.15, 0.2) is 0 Å².